The van der Waals surface area contributed by atoms with Crippen molar-refractivity contribution >= 4 is 28.9 Å². The van der Waals surface area contributed by atoms with Crippen molar-refractivity contribution in [3.8, 4) is 11.6 Å². The molecule has 1 aromatic carbocycles. The van der Waals surface area contributed by atoms with Crippen molar-refractivity contribution in [1.29, 1.82) is 0 Å². The average Bonchev–Trinajstić information content (AvgIpc) is 2.29. The van der Waals surface area contributed by atoms with E-state index >= 15 is 0 Å². The van der Waals surface area contributed by atoms with Crippen LogP contribution in [0.4, 0.5) is 5.69 Å². The standard InChI is InChI=1S/C12H10Cl2N2O/c1-7-4-12(16-6-11(7)15)17-8-2-3-9(13)10(14)5-8/h2-6H,15H2,1H3. The number of halogens is 2. The molecule has 5 heteroatoms. The molecule has 0 aliphatic heterocycles. The molecule has 0 aliphatic carbocycles. The van der Waals surface area contributed by atoms with Crippen molar-refractivity contribution < 1.29 is 4.74 Å². The second-order valence-corrected chi connectivity index (χ2v) is 4.37. The fourth-order valence-electron chi connectivity index (χ4n) is 1.26. The van der Waals surface area contributed by atoms with Crippen LogP contribution in [0.2, 0.25) is 10.0 Å². The van der Waals surface area contributed by atoms with Crippen LogP contribution >= 0.6 is 23.2 Å². The molecule has 3 nitrogen and oxygen atoms in total. The molecule has 0 amide bonds. The number of nitrogens with zero attached hydrogens (tertiary/aromatic N) is 1. The SMILES string of the molecule is Cc1cc(Oc2ccc(Cl)c(Cl)c2)ncc1N. The highest BCUT2D eigenvalue weighted by Crippen LogP contribution is 2.29. The molecule has 0 fully saturated rings. The molecule has 0 saturated heterocycles. The summed E-state index contributed by atoms with van der Waals surface area (Å²) in [4.78, 5) is 4.06. The monoisotopic (exact) mass is 268 g/mol. The highest BCUT2D eigenvalue weighted by molar-refractivity contribution is 6.42. The van der Waals surface area contributed by atoms with Crippen LogP contribution in [0.1, 0.15) is 5.56 Å². The van der Waals surface area contributed by atoms with Crippen LogP contribution in [0.3, 0.4) is 0 Å². The van der Waals surface area contributed by atoms with Gasteiger partial charge in [0.1, 0.15) is 5.75 Å². The van der Waals surface area contributed by atoms with Gasteiger partial charge in [-0.25, -0.2) is 4.98 Å². The van der Waals surface area contributed by atoms with E-state index in [0.717, 1.165) is 5.56 Å². The van der Waals surface area contributed by atoms with Gasteiger partial charge in [-0.3, -0.25) is 0 Å². The predicted octanol–water partition coefficient (Wildman–Crippen LogP) is 4.07. The molecular weight excluding hydrogens is 259 g/mol. The third-order valence-corrected chi connectivity index (χ3v) is 2.98. The Bertz CT molecular complexity index is 509. The lowest BCUT2D eigenvalue weighted by molar-refractivity contribution is 0.463. The average molecular weight is 269 g/mol. The minimum atomic E-state index is 0.441. The maximum atomic E-state index is 5.88. The summed E-state index contributed by atoms with van der Waals surface area (Å²) in [6.07, 6.45) is 1.56. The smallest absolute Gasteiger partial charge is 0.219 e. The molecule has 2 N–H and O–H groups in total. The van der Waals surface area contributed by atoms with E-state index in [1.165, 1.54) is 0 Å². The van der Waals surface area contributed by atoms with E-state index < -0.39 is 0 Å². The van der Waals surface area contributed by atoms with Gasteiger partial charge in [-0.2, -0.15) is 0 Å². The molecule has 88 valence electrons. The maximum Gasteiger partial charge on any atom is 0.219 e. The van der Waals surface area contributed by atoms with E-state index in [1.54, 1.807) is 30.5 Å². The lowest BCUT2D eigenvalue weighted by Gasteiger charge is -2.07. The van der Waals surface area contributed by atoms with E-state index in [4.69, 9.17) is 33.7 Å². The van der Waals surface area contributed by atoms with Crippen molar-refractivity contribution in [2.75, 3.05) is 5.73 Å². The number of rotatable bonds is 2. The summed E-state index contributed by atoms with van der Waals surface area (Å²) in [5.74, 6) is 1.05. The van der Waals surface area contributed by atoms with Crippen LogP contribution < -0.4 is 10.5 Å². The van der Waals surface area contributed by atoms with Crippen LogP contribution in [-0.2, 0) is 0 Å². The van der Waals surface area contributed by atoms with Gasteiger partial charge in [-0.15, -0.1) is 0 Å². The van der Waals surface area contributed by atoms with Crippen LogP contribution in [0.25, 0.3) is 0 Å². The minimum Gasteiger partial charge on any atom is -0.439 e. The summed E-state index contributed by atoms with van der Waals surface area (Å²) < 4.78 is 5.54. The van der Waals surface area contributed by atoms with Crippen molar-refractivity contribution in [1.82, 2.24) is 4.98 Å². The Kier molecular flexibility index (Phi) is 3.41. The third kappa shape index (κ3) is 2.81. The molecule has 0 unspecified atom stereocenters. The van der Waals surface area contributed by atoms with Gasteiger partial charge in [0, 0.05) is 12.1 Å². The molecule has 0 aliphatic rings. The summed E-state index contributed by atoms with van der Waals surface area (Å²) >= 11 is 11.7. The summed E-state index contributed by atoms with van der Waals surface area (Å²) in [7, 11) is 0. The number of aryl methyl sites for hydroxylation is 1. The second kappa shape index (κ2) is 4.82. The number of anilines is 1. The number of aromatic nitrogens is 1. The van der Waals surface area contributed by atoms with Crippen molar-refractivity contribution in [3.63, 3.8) is 0 Å². The van der Waals surface area contributed by atoms with E-state index in [9.17, 15) is 0 Å². The minimum absolute atomic E-state index is 0.441. The molecule has 0 spiro atoms. The van der Waals surface area contributed by atoms with Gasteiger partial charge in [0.2, 0.25) is 5.88 Å². The molecule has 0 saturated carbocycles. The molecule has 17 heavy (non-hydrogen) atoms. The zero-order valence-corrected chi connectivity index (χ0v) is 10.6. The Morgan fingerprint density at radius 3 is 2.59 bits per heavy atom. The number of hydrogen-bond donors (Lipinski definition) is 1. The summed E-state index contributed by atoms with van der Waals surface area (Å²) in [6.45, 7) is 1.89. The van der Waals surface area contributed by atoms with E-state index in [1.807, 2.05) is 6.92 Å². The quantitative estimate of drug-likeness (QED) is 0.893. The zero-order chi connectivity index (χ0) is 12.4. The molecule has 0 atom stereocenters. The number of nitrogens with two attached hydrogens (primary N) is 1. The Morgan fingerprint density at radius 1 is 1.18 bits per heavy atom. The number of benzene rings is 1. The molecule has 2 rings (SSSR count). The van der Waals surface area contributed by atoms with E-state index in [0.29, 0.717) is 27.4 Å². The first-order chi connectivity index (χ1) is 8.06. The highest BCUT2D eigenvalue weighted by atomic mass is 35.5. The Morgan fingerprint density at radius 2 is 1.94 bits per heavy atom. The van der Waals surface area contributed by atoms with E-state index in [-0.39, 0.29) is 0 Å². The molecule has 0 radical (unpaired) electrons. The van der Waals surface area contributed by atoms with Gasteiger partial charge in [0.25, 0.3) is 0 Å². The third-order valence-electron chi connectivity index (χ3n) is 2.24. The first-order valence-electron chi connectivity index (χ1n) is 4.91. The topological polar surface area (TPSA) is 48.1 Å². The molecule has 2 aromatic rings. The fraction of sp³-hybridized carbons (Fsp3) is 0.0833. The number of pyridine rings is 1. The predicted molar refractivity (Wildman–Crippen MR) is 69.9 cm³/mol. The Hall–Kier alpha value is -1.45. The van der Waals surface area contributed by atoms with Gasteiger partial charge in [-0.05, 0) is 24.6 Å². The van der Waals surface area contributed by atoms with Crippen molar-refractivity contribution in [2.24, 2.45) is 0 Å². The van der Waals surface area contributed by atoms with Gasteiger partial charge >= 0.3 is 0 Å². The largest absolute Gasteiger partial charge is 0.439 e. The summed E-state index contributed by atoms with van der Waals surface area (Å²) in [6, 6.07) is 6.79. The van der Waals surface area contributed by atoms with Crippen LogP contribution in [0, 0.1) is 6.92 Å². The lowest BCUT2D eigenvalue weighted by atomic mass is 10.2. The number of hydrogen-bond acceptors (Lipinski definition) is 3. The van der Waals surface area contributed by atoms with Gasteiger partial charge in [0.15, 0.2) is 0 Å². The molecular formula is C12H10Cl2N2O. The van der Waals surface area contributed by atoms with Gasteiger partial charge < -0.3 is 10.5 Å². The highest BCUT2D eigenvalue weighted by Gasteiger charge is 2.04. The first-order valence-corrected chi connectivity index (χ1v) is 5.67. The molecule has 1 heterocycles. The van der Waals surface area contributed by atoms with E-state index in [2.05, 4.69) is 4.98 Å². The van der Waals surface area contributed by atoms with Crippen molar-refractivity contribution in [3.05, 3.63) is 46.1 Å². The Balaban J connectivity index is 2.25. The second-order valence-electron chi connectivity index (χ2n) is 3.56. The van der Waals surface area contributed by atoms with Crippen LogP contribution in [0.5, 0.6) is 11.6 Å². The molecule has 0 bridgehead atoms. The zero-order valence-electron chi connectivity index (χ0n) is 9.08. The summed E-state index contributed by atoms with van der Waals surface area (Å²) in [5, 5.41) is 0.928. The molecule has 1 aromatic heterocycles. The lowest BCUT2D eigenvalue weighted by Crippen LogP contribution is -1.93. The first kappa shape index (κ1) is 12.0. The maximum absolute atomic E-state index is 5.88. The number of nitrogen functional groups attached to an aromatic ring is 1. The Labute approximate surface area is 109 Å². The van der Waals surface area contributed by atoms with Crippen LogP contribution in [0.15, 0.2) is 30.5 Å². The van der Waals surface area contributed by atoms with Gasteiger partial charge in [0.05, 0.1) is 21.9 Å². The normalized spacial score (nSPS) is 10.3. The van der Waals surface area contributed by atoms with Gasteiger partial charge in [-0.1, -0.05) is 23.2 Å². The van der Waals surface area contributed by atoms with Crippen LogP contribution in [-0.4, -0.2) is 4.98 Å². The number of ether oxygens (including phenoxy) is 1. The summed E-state index contributed by atoms with van der Waals surface area (Å²) in [5.41, 5.74) is 7.21. The van der Waals surface area contributed by atoms with Crippen molar-refractivity contribution in [2.45, 2.75) is 6.92 Å². The fourth-order valence-corrected chi connectivity index (χ4v) is 1.55.